The van der Waals surface area contributed by atoms with E-state index in [0.29, 0.717) is 24.3 Å². The quantitative estimate of drug-likeness (QED) is 0.623. The summed E-state index contributed by atoms with van der Waals surface area (Å²) in [6.45, 7) is 0. The van der Waals surface area contributed by atoms with Gasteiger partial charge in [0.15, 0.2) is 0 Å². The van der Waals surface area contributed by atoms with E-state index in [1.165, 1.54) is 12.1 Å². The SMILES string of the molecule is O=C(CCc1cccc(Oc2ccc(F)cc2)c1)N1C2CCC1c1cncnc1C2. The zero-order chi connectivity index (χ0) is 20.5. The molecule has 1 aromatic heterocycles. The summed E-state index contributed by atoms with van der Waals surface area (Å²) in [4.78, 5) is 23.7. The summed E-state index contributed by atoms with van der Waals surface area (Å²) in [6.07, 6.45) is 7.39. The van der Waals surface area contributed by atoms with Crippen molar-refractivity contribution in [3.8, 4) is 11.5 Å². The first-order valence-corrected chi connectivity index (χ1v) is 10.3. The van der Waals surface area contributed by atoms with Gasteiger partial charge in [0.05, 0.1) is 11.7 Å². The summed E-state index contributed by atoms with van der Waals surface area (Å²) in [5.74, 6) is 1.14. The molecule has 1 saturated heterocycles. The minimum atomic E-state index is -0.296. The van der Waals surface area contributed by atoms with E-state index in [4.69, 9.17) is 4.74 Å². The highest BCUT2D eigenvalue weighted by Crippen LogP contribution is 2.43. The molecule has 0 spiro atoms. The van der Waals surface area contributed by atoms with Gasteiger partial charge in [0.1, 0.15) is 23.6 Å². The third kappa shape index (κ3) is 3.65. The van der Waals surface area contributed by atoms with Crippen LogP contribution in [0.3, 0.4) is 0 Å². The Morgan fingerprint density at radius 3 is 2.87 bits per heavy atom. The number of hydrogen-bond donors (Lipinski definition) is 0. The average molecular weight is 403 g/mol. The number of aromatic nitrogens is 2. The molecule has 2 atom stereocenters. The minimum Gasteiger partial charge on any atom is -0.457 e. The third-order valence-corrected chi connectivity index (χ3v) is 5.98. The molecule has 2 unspecified atom stereocenters. The lowest BCUT2D eigenvalue weighted by atomic mass is 9.98. The number of carbonyl (C=O) groups excluding carboxylic acids is 1. The molecule has 3 heterocycles. The number of nitrogens with zero attached hydrogens (tertiary/aromatic N) is 3. The van der Waals surface area contributed by atoms with Crippen molar-refractivity contribution in [3.63, 3.8) is 0 Å². The van der Waals surface area contributed by atoms with Crippen molar-refractivity contribution >= 4 is 5.91 Å². The highest BCUT2D eigenvalue weighted by Gasteiger charge is 2.42. The maximum Gasteiger partial charge on any atom is 0.223 e. The Morgan fingerprint density at radius 1 is 1.13 bits per heavy atom. The molecule has 0 saturated carbocycles. The maximum absolute atomic E-state index is 13.1. The molecule has 2 aromatic carbocycles. The Morgan fingerprint density at radius 2 is 2.00 bits per heavy atom. The second-order valence-electron chi connectivity index (χ2n) is 7.88. The summed E-state index contributed by atoms with van der Waals surface area (Å²) in [5.41, 5.74) is 3.23. The lowest BCUT2D eigenvalue weighted by Crippen LogP contribution is -2.42. The van der Waals surface area contributed by atoms with Gasteiger partial charge >= 0.3 is 0 Å². The summed E-state index contributed by atoms with van der Waals surface area (Å²) in [7, 11) is 0. The first kappa shape index (κ1) is 18.7. The fourth-order valence-corrected chi connectivity index (χ4v) is 4.59. The molecule has 1 fully saturated rings. The Kier molecular flexibility index (Phi) is 4.91. The summed E-state index contributed by atoms with van der Waals surface area (Å²) in [5, 5.41) is 0. The molecule has 5 nitrogen and oxygen atoms in total. The Bertz CT molecular complexity index is 1070. The van der Waals surface area contributed by atoms with Crippen molar-refractivity contribution < 1.29 is 13.9 Å². The molecule has 2 bridgehead atoms. The fourth-order valence-electron chi connectivity index (χ4n) is 4.59. The number of aryl methyl sites for hydroxylation is 1. The summed E-state index contributed by atoms with van der Waals surface area (Å²) < 4.78 is 18.9. The van der Waals surface area contributed by atoms with Crippen LogP contribution in [0.4, 0.5) is 4.39 Å². The number of hydrogen-bond acceptors (Lipinski definition) is 4. The minimum absolute atomic E-state index is 0.112. The van der Waals surface area contributed by atoms with E-state index >= 15 is 0 Å². The van der Waals surface area contributed by atoms with Gasteiger partial charge < -0.3 is 9.64 Å². The Balaban J connectivity index is 1.24. The van der Waals surface area contributed by atoms with E-state index in [1.54, 1.807) is 18.5 Å². The highest BCUT2D eigenvalue weighted by atomic mass is 19.1. The number of ether oxygens (including phenoxy) is 1. The number of amides is 1. The van der Waals surface area contributed by atoms with Gasteiger partial charge in [-0.2, -0.15) is 0 Å². The van der Waals surface area contributed by atoms with E-state index in [2.05, 4.69) is 14.9 Å². The zero-order valence-electron chi connectivity index (χ0n) is 16.5. The fraction of sp³-hybridized carbons (Fsp3) is 0.292. The molecule has 30 heavy (non-hydrogen) atoms. The maximum atomic E-state index is 13.1. The molecule has 0 N–H and O–H groups in total. The number of benzene rings is 2. The first-order chi connectivity index (χ1) is 14.7. The van der Waals surface area contributed by atoms with Gasteiger partial charge in [-0.3, -0.25) is 4.79 Å². The molecule has 0 aliphatic carbocycles. The van der Waals surface area contributed by atoms with E-state index in [0.717, 1.165) is 36.1 Å². The first-order valence-electron chi connectivity index (χ1n) is 10.3. The highest BCUT2D eigenvalue weighted by molar-refractivity contribution is 5.78. The molecule has 152 valence electrons. The van der Waals surface area contributed by atoms with Crippen LogP contribution in [0.25, 0.3) is 0 Å². The van der Waals surface area contributed by atoms with Crippen LogP contribution in [0.2, 0.25) is 0 Å². The standard InChI is InChI=1S/C24H22FN3O2/c25-17-5-8-19(9-6-17)30-20-3-1-2-16(12-20)4-11-24(29)28-18-7-10-23(28)21-14-26-15-27-22(21)13-18/h1-3,5-6,8-9,12,14-15,18,23H,4,7,10-11,13H2. The average Bonchev–Trinajstić information content (AvgIpc) is 3.09. The monoisotopic (exact) mass is 403 g/mol. The van der Waals surface area contributed by atoms with Crippen molar-refractivity contribution in [2.24, 2.45) is 0 Å². The van der Waals surface area contributed by atoms with Crippen LogP contribution in [0, 0.1) is 5.82 Å². The number of fused-ring (bicyclic) bond motifs is 4. The predicted octanol–water partition coefficient (Wildman–Crippen LogP) is 4.63. The molecule has 0 radical (unpaired) electrons. The van der Waals surface area contributed by atoms with Crippen molar-refractivity contribution in [3.05, 3.63) is 83.7 Å². The molecular weight excluding hydrogens is 381 g/mol. The molecular formula is C24H22FN3O2. The second kappa shape index (κ2) is 7.86. The van der Waals surface area contributed by atoms with Crippen LogP contribution in [-0.4, -0.2) is 26.8 Å². The van der Waals surface area contributed by atoms with Gasteiger partial charge in [-0.05, 0) is 61.2 Å². The topological polar surface area (TPSA) is 55.3 Å². The summed E-state index contributed by atoms with van der Waals surface area (Å²) >= 11 is 0. The Hall–Kier alpha value is -3.28. The van der Waals surface area contributed by atoms with Gasteiger partial charge in [-0.15, -0.1) is 0 Å². The van der Waals surface area contributed by atoms with E-state index in [-0.39, 0.29) is 23.8 Å². The normalized spacial score (nSPS) is 19.4. The Labute approximate surface area is 174 Å². The van der Waals surface area contributed by atoms with E-state index in [1.807, 2.05) is 30.5 Å². The molecule has 6 heteroatoms. The lowest BCUT2D eigenvalue weighted by Gasteiger charge is -2.35. The molecule has 5 rings (SSSR count). The van der Waals surface area contributed by atoms with Crippen LogP contribution in [0.5, 0.6) is 11.5 Å². The lowest BCUT2D eigenvalue weighted by molar-refractivity contribution is -0.134. The van der Waals surface area contributed by atoms with Gasteiger partial charge in [0, 0.05) is 30.6 Å². The van der Waals surface area contributed by atoms with E-state index < -0.39 is 0 Å². The molecule has 3 aromatic rings. The predicted molar refractivity (Wildman–Crippen MR) is 110 cm³/mol. The van der Waals surface area contributed by atoms with Crippen LogP contribution >= 0.6 is 0 Å². The van der Waals surface area contributed by atoms with Crippen molar-refractivity contribution in [2.75, 3.05) is 0 Å². The van der Waals surface area contributed by atoms with Crippen LogP contribution < -0.4 is 4.74 Å². The number of rotatable bonds is 5. The third-order valence-electron chi connectivity index (χ3n) is 5.98. The van der Waals surface area contributed by atoms with Crippen LogP contribution in [0.1, 0.15) is 42.1 Å². The molecule has 2 aliphatic heterocycles. The van der Waals surface area contributed by atoms with Gasteiger partial charge in [-0.25, -0.2) is 14.4 Å². The van der Waals surface area contributed by atoms with Crippen molar-refractivity contribution in [1.82, 2.24) is 14.9 Å². The van der Waals surface area contributed by atoms with E-state index in [9.17, 15) is 9.18 Å². The van der Waals surface area contributed by atoms with Crippen molar-refractivity contribution in [1.29, 1.82) is 0 Å². The summed E-state index contributed by atoms with van der Waals surface area (Å²) in [6, 6.07) is 14.0. The second-order valence-corrected chi connectivity index (χ2v) is 7.88. The molecule has 2 aliphatic rings. The van der Waals surface area contributed by atoms with Crippen molar-refractivity contribution in [2.45, 2.75) is 44.2 Å². The molecule has 1 amide bonds. The number of halogens is 1. The van der Waals surface area contributed by atoms with Crippen LogP contribution in [-0.2, 0) is 17.6 Å². The largest absolute Gasteiger partial charge is 0.457 e. The van der Waals surface area contributed by atoms with Crippen LogP contribution in [0.15, 0.2) is 61.1 Å². The van der Waals surface area contributed by atoms with Gasteiger partial charge in [0.2, 0.25) is 5.91 Å². The van der Waals surface area contributed by atoms with Gasteiger partial charge in [-0.1, -0.05) is 12.1 Å². The number of carbonyl (C=O) groups is 1. The zero-order valence-corrected chi connectivity index (χ0v) is 16.5. The smallest absolute Gasteiger partial charge is 0.223 e. The van der Waals surface area contributed by atoms with Gasteiger partial charge in [0.25, 0.3) is 0 Å².